The fraction of sp³-hybridized carbons (Fsp3) is 0.700. The van der Waals surface area contributed by atoms with E-state index in [4.69, 9.17) is 4.74 Å². The largest absolute Gasteiger partial charge is 0.465 e. The number of ether oxygens (including phenoxy) is 3. The molecule has 0 aliphatic rings. The van der Waals surface area contributed by atoms with Gasteiger partial charge >= 0.3 is 17.9 Å². The van der Waals surface area contributed by atoms with Gasteiger partial charge in [-0.25, -0.2) is 4.79 Å². The van der Waals surface area contributed by atoms with Gasteiger partial charge in [0.2, 0.25) is 0 Å². The first-order chi connectivity index (χ1) is 8.02. The van der Waals surface area contributed by atoms with Crippen molar-refractivity contribution in [3.05, 3.63) is 0 Å². The third-order valence-electron chi connectivity index (χ3n) is 1.52. The predicted octanol–water partition coefficient (Wildman–Crippen LogP) is -0.755. The van der Waals surface area contributed by atoms with Crippen molar-refractivity contribution in [3.8, 4) is 0 Å². The van der Waals surface area contributed by atoms with E-state index in [-0.39, 0.29) is 25.8 Å². The monoisotopic (exact) mass is 247 g/mol. The summed E-state index contributed by atoms with van der Waals surface area (Å²) in [5, 5.41) is 2.90. The van der Waals surface area contributed by atoms with Crippen LogP contribution in [0.3, 0.4) is 0 Å². The number of esters is 3. The molecule has 0 spiro atoms. The summed E-state index contributed by atoms with van der Waals surface area (Å²) in [6.07, 6.45) is 0. The first-order valence-electron chi connectivity index (χ1n) is 5.15. The summed E-state index contributed by atoms with van der Waals surface area (Å²) in [4.78, 5) is 31.7. The van der Waals surface area contributed by atoms with E-state index in [0.717, 1.165) is 0 Å². The number of carbonyl (C=O) groups is 3. The maximum Gasteiger partial charge on any atom is 0.344 e. The standard InChI is InChI=1S/C10H17NO6/c1-8(12)15-5-3-11-4-6-16-10(14)7-17-9(2)13/h11H,3-7H2,1-2H3. The summed E-state index contributed by atoms with van der Waals surface area (Å²) in [6.45, 7) is 3.54. The molecule has 0 aromatic heterocycles. The van der Waals surface area contributed by atoms with E-state index in [1.807, 2.05) is 0 Å². The fourth-order valence-corrected chi connectivity index (χ4v) is 0.831. The molecular formula is C10H17NO6. The number of hydrogen-bond acceptors (Lipinski definition) is 7. The number of nitrogens with one attached hydrogen (secondary N) is 1. The Bertz CT molecular complexity index is 266. The molecule has 0 heterocycles. The van der Waals surface area contributed by atoms with Crippen LogP contribution in [0.1, 0.15) is 13.8 Å². The molecule has 0 saturated heterocycles. The highest BCUT2D eigenvalue weighted by Crippen LogP contribution is 1.82. The predicted molar refractivity (Wildman–Crippen MR) is 57.1 cm³/mol. The minimum absolute atomic E-state index is 0.167. The molecule has 0 rings (SSSR count). The molecule has 98 valence electrons. The van der Waals surface area contributed by atoms with Crippen molar-refractivity contribution in [1.82, 2.24) is 5.32 Å². The highest BCUT2D eigenvalue weighted by molar-refractivity contribution is 5.75. The molecule has 0 aromatic rings. The first-order valence-corrected chi connectivity index (χ1v) is 5.15. The van der Waals surface area contributed by atoms with Crippen molar-refractivity contribution in [2.24, 2.45) is 0 Å². The van der Waals surface area contributed by atoms with Crippen molar-refractivity contribution in [2.45, 2.75) is 13.8 Å². The average molecular weight is 247 g/mol. The molecule has 0 radical (unpaired) electrons. The zero-order valence-electron chi connectivity index (χ0n) is 9.99. The van der Waals surface area contributed by atoms with Crippen LogP contribution < -0.4 is 5.32 Å². The molecule has 0 aliphatic heterocycles. The third kappa shape index (κ3) is 12.3. The Morgan fingerprint density at radius 1 is 0.882 bits per heavy atom. The lowest BCUT2D eigenvalue weighted by Gasteiger charge is -2.06. The van der Waals surface area contributed by atoms with E-state index in [0.29, 0.717) is 13.1 Å². The average Bonchev–Trinajstić information content (AvgIpc) is 2.24. The molecule has 0 saturated carbocycles. The van der Waals surface area contributed by atoms with E-state index in [1.54, 1.807) is 0 Å². The molecule has 0 unspecified atom stereocenters. The summed E-state index contributed by atoms with van der Waals surface area (Å²) in [5.74, 6) is -1.46. The Labute approximate surface area is 99.4 Å². The van der Waals surface area contributed by atoms with E-state index in [2.05, 4.69) is 14.8 Å². The van der Waals surface area contributed by atoms with E-state index >= 15 is 0 Å². The molecule has 0 fully saturated rings. The van der Waals surface area contributed by atoms with Gasteiger partial charge < -0.3 is 19.5 Å². The van der Waals surface area contributed by atoms with Gasteiger partial charge in [-0.15, -0.1) is 0 Å². The topological polar surface area (TPSA) is 90.9 Å². The molecule has 1 N–H and O–H groups in total. The fourth-order valence-electron chi connectivity index (χ4n) is 0.831. The van der Waals surface area contributed by atoms with Crippen molar-refractivity contribution in [1.29, 1.82) is 0 Å². The van der Waals surface area contributed by atoms with Gasteiger partial charge in [0.15, 0.2) is 6.61 Å². The van der Waals surface area contributed by atoms with Crippen molar-refractivity contribution in [3.63, 3.8) is 0 Å². The number of carbonyl (C=O) groups excluding carboxylic acids is 3. The van der Waals surface area contributed by atoms with Crippen LogP contribution in [0.25, 0.3) is 0 Å². The van der Waals surface area contributed by atoms with Crippen LogP contribution in [-0.4, -0.2) is 50.8 Å². The third-order valence-corrected chi connectivity index (χ3v) is 1.52. The zero-order chi connectivity index (χ0) is 13.1. The van der Waals surface area contributed by atoms with Gasteiger partial charge in [-0.05, 0) is 0 Å². The van der Waals surface area contributed by atoms with Crippen molar-refractivity contribution in [2.75, 3.05) is 32.9 Å². The van der Waals surface area contributed by atoms with Crippen LogP contribution in [0, 0.1) is 0 Å². The summed E-state index contributed by atoms with van der Waals surface area (Å²) in [5.41, 5.74) is 0. The zero-order valence-corrected chi connectivity index (χ0v) is 9.99. The summed E-state index contributed by atoms with van der Waals surface area (Å²) in [7, 11) is 0. The second-order valence-electron chi connectivity index (χ2n) is 3.09. The van der Waals surface area contributed by atoms with Crippen LogP contribution in [0.15, 0.2) is 0 Å². The lowest BCUT2D eigenvalue weighted by molar-refractivity contribution is -0.157. The van der Waals surface area contributed by atoms with Crippen LogP contribution in [-0.2, 0) is 28.6 Å². The number of hydrogen-bond donors (Lipinski definition) is 1. The Balaban J connectivity index is 3.24. The van der Waals surface area contributed by atoms with Gasteiger partial charge in [0, 0.05) is 26.9 Å². The van der Waals surface area contributed by atoms with Gasteiger partial charge in [0.25, 0.3) is 0 Å². The molecular weight excluding hydrogens is 230 g/mol. The second-order valence-corrected chi connectivity index (χ2v) is 3.09. The molecule has 0 aromatic carbocycles. The molecule has 7 heteroatoms. The van der Waals surface area contributed by atoms with Crippen LogP contribution in [0.2, 0.25) is 0 Å². The quantitative estimate of drug-likeness (QED) is 0.342. The summed E-state index contributed by atoms with van der Waals surface area (Å²) >= 11 is 0. The molecule has 0 aliphatic carbocycles. The van der Waals surface area contributed by atoms with E-state index < -0.39 is 11.9 Å². The van der Waals surface area contributed by atoms with Crippen LogP contribution in [0.4, 0.5) is 0 Å². The van der Waals surface area contributed by atoms with Crippen molar-refractivity contribution >= 4 is 17.9 Å². The lowest BCUT2D eigenvalue weighted by atomic mass is 10.6. The highest BCUT2D eigenvalue weighted by Gasteiger charge is 2.04. The van der Waals surface area contributed by atoms with Gasteiger partial charge in [-0.2, -0.15) is 0 Å². The Hall–Kier alpha value is -1.63. The molecule has 7 nitrogen and oxygen atoms in total. The Morgan fingerprint density at radius 2 is 1.41 bits per heavy atom. The molecule has 0 amide bonds. The first kappa shape index (κ1) is 15.4. The second kappa shape index (κ2) is 9.59. The van der Waals surface area contributed by atoms with Crippen molar-refractivity contribution < 1.29 is 28.6 Å². The van der Waals surface area contributed by atoms with Gasteiger partial charge in [-0.1, -0.05) is 0 Å². The van der Waals surface area contributed by atoms with E-state index in [9.17, 15) is 14.4 Å². The van der Waals surface area contributed by atoms with Gasteiger partial charge in [0.1, 0.15) is 13.2 Å². The maximum atomic E-state index is 10.9. The SMILES string of the molecule is CC(=O)OCCNCCOC(=O)COC(C)=O. The molecule has 17 heavy (non-hydrogen) atoms. The normalized spacial score (nSPS) is 9.53. The van der Waals surface area contributed by atoms with Gasteiger partial charge in [-0.3, -0.25) is 9.59 Å². The molecule has 0 atom stereocenters. The Kier molecular flexibility index (Phi) is 8.67. The molecule has 0 bridgehead atoms. The smallest absolute Gasteiger partial charge is 0.344 e. The minimum atomic E-state index is -0.595. The Morgan fingerprint density at radius 3 is 1.94 bits per heavy atom. The summed E-state index contributed by atoms with van der Waals surface area (Å²) < 4.78 is 13.8. The minimum Gasteiger partial charge on any atom is -0.465 e. The summed E-state index contributed by atoms with van der Waals surface area (Å²) in [6, 6.07) is 0. The van der Waals surface area contributed by atoms with E-state index in [1.165, 1.54) is 13.8 Å². The van der Waals surface area contributed by atoms with Gasteiger partial charge in [0.05, 0.1) is 0 Å². The highest BCUT2D eigenvalue weighted by atomic mass is 16.6. The number of rotatable bonds is 8. The maximum absolute atomic E-state index is 10.9. The van der Waals surface area contributed by atoms with Crippen LogP contribution in [0.5, 0.6) is 0 Å². The lowest BCUT2D eigenvalue weighted by Crippen LogP contribution is -2.26. The van der Waals surface area contributed by atoms with Crippen LogP contribution >= 0.6 is 0 Å².